The van der Waals surface area contributed by atoms with E-state index in [2.05, 4.69) is 9.97 Å². The molecule has 0 spiro atoms. The molecular formula is C19H20N4O2. The Morgan fingerprint density at radius 2 is 2.00 bits per heavy atom. The molecule has 3 heterocycles. The number of pyridine rings is 2. The number of hydrogen-bond donors (Lipinski definition) is 0. The molecule has 25 heavy (non-hydrogen) atoms. The van der Waals surface area contributed by atoms with Crippen molar-refractivity contribution in [1.82, 2.24) is 19.3 Å². The van der Waals surface area contributed by atoms with Crippen molar-refractivity contribution in [3.05, 3.63) is 76.6 Å². The van der Waals surface area contributed by atoms with Crippen LogP contribution in [0.2, 0.25) is 0 Å². The standard InChI is InChI=1S/C19H20N4O2/c1-3-14(2)23(13-15-7-9-20-10-8-15)19(25)16-12-21-17-6-4-5-11-22(17)18(16)24/h4-12,14H,3,13H2,1-2H3/t14-/m0/s1. The van der Waals surface area contributed by atoms with Crippen LogP contribution in [-0.4, -0.2) is 31.2 Å². The number of carbonyl (C=O) groups is 1. The zero-order valence-corrected chi connectivity index (χ0v) is 14.3. The molecule has 0 saturated carbocycles. The maximum absolute atomic E-state index is 13.1. The molecule has 0 fully saturated rings. The molecule has 6 heteroatoms. The van der Waals surface area contributed by atoms with E-state index in [1.165, 1.54) is 10.6 Å². The summed E-state index contributed by atoms with van der Waals surface area (Å²) in [5.74, 6) is -0.304. The van der Waals surface area contributed by atoms with E-state index in [1.54, 1.807) is 41.7 Å². The van der Waals surface area contributed by atoms with Crippen LogP contribution >= 0.6 is 0 Å². The SMILES string of the molecule is CC[C@H](C)N(Cc1ccncc1)C(=O)c1cnc2ccccn2c1=O. The molecule has 0 aliphatic rings. The molecule has 0 aromatic carbocycles. The molecule has 6 nitrogen and oxygen atoms in total. The topological polar surface area (TPSA) is 67.6 Å². The van der Waals surface area contributed by atoms with E-state index in [0.29, 0.717) is 12.2 Å². The molecule has 0 bridgehead atoms. The van der Waals surface area contributed by atoms with Gasteiger partial charge < -0.3 is 4.90 Å². The number of fused-ring (bicyclic) bond motifs is 1. The van der Waals surface area contributed by atoms with Gasteiger partial charge in [0, 0.05) is 37.4 Å². The second-order valence-corrected chi connectivity index (χ2v) is 5.95. The first-order valence-corrected chi connectivity index (χ1v) is 8.28. The largest absolute Gasteiger partial charge is 0.331 e. The Morgan fingerprint density at radius 1 is 1.24 bits per heavy atom. The first kappa shape index (κ1) is 16.8. The second-order valence-electron chi connectivity index (χ2n) is 5.95. The molecule has 3 rings (SSSR count). The van der Waals surface area contributed by atoms with Gasteiger partial charge in [-0.2, -0.15) is 0 Å². The van der Waals surface area contributed by atoms with Gasteiger partial charge in [0.15, 0.2) is 0 Å². The van der Waals surface area contributed by atoms with E-state index in [9.17, 15) is 9.59 Å². The van der Waals surface area contributed by atoms with Crippen molar-refractivity contribution in [3.8, 4) is 0 Å². The lowest BCUT2D eigenvalue weighted by Gasteiger charge is -2.28. The average Bonchev–Trinajstić information content (AvgIpc) is 2.66. The number of rotatable bonds is 5. The van der Waals surface area contributed by atoms with Crippen molar-refractivity contribution in [2.75, 3.05) is 0 Å². The third-order valence-electron chi connectivity index (χ3n) is 4.33. The Hall–Kier alpha value is -3.02. The maximum Gasteiger partial charge on any atom is 0.270 e. The summed E-state index contributed by atoms with van der Waals surface area (Å²) in [7, 11) is 0. The fraction of sp³-hybridized carbons (Fsp3) is 0.263. The molecular weight excluding hydrogens is 316 g/mol. The van der Waals surface area contributed by atoms with Crippen molar-refractivity contribution in [2.24, 2.45) is 0 Å². The average molecular weight is 336 g/mol. The molecule has 0 N–H and O–H groups in total. The third-order valence-corrected chi connectivity index (χ3v) is 4.33. The van der Waals surface area contributed by atoms with Crippen LogP contribution in [0.3, 0.4) is 0 Å². The predicted molar refractivity (Wildman–Crippen MR) is 95.3 cm³/mol. The summed E-state index contributed by atoms with van der Waals surface area (Å²) < 4.78 is 1.40. The highest BCUT2D eigenvalue weighted by Crippen LogP contribution is 2.13. The number of nitrogens with zero attached hydrogens (tertiary/aromatic N) is 4. The minimum Gasteiger partial charge on any atom is -0.331 e. The van der Waals surface area contributed by atoms with Gasteiger partial charge in [-0.05, 0) is 43.2 Å². The molecule has 0 aliphatic carbocycles. The molecule has 3 aromatic rings. The molecule has 3 aromatic heterocycles. The molecule has 0 unspecified atom stereocenters. The van der Waals surface area contributed by atoms with Gasteiger partial charge in [-0.15, -0.1) is 0 Å². The van der Waals surface area contributed by atoms with E-state index in [-0.39, 0.29) is 23.1 Å². The Balaban J connectivity index is 2.00. The van der Waals surface area contributed by atoms with Crippen LogP contribution in [0.1, 0.15) is 36.2 Å². The normalized spacial score (nSPS) is 12.1. The van der Waals surface area contributed by atoms with Crippen LogP contribution in [0.25, 0.3) is 5.65 Å². The summed E-state index contributed by atoms with van der Waals surface area (Å²) in [5, 5.41) is 0. The Labute approximate surface area is 145 Å². The third kappa shape index (κ3) is 3.42. The number of amides is 1. The van der Waals surface area contributed by atoms with Crippen LogP contribution in [0, 0.1) is 0 Å². The summed E-state index contributed by atoms with van der Waals surface area (Å²) in [6, 6.07) is 9.02. The van der Waals surface area contributed by atoms with Crippen molar-refractivity contribution in [1.29, 1.82) is 0 Å². The summed E-state index contributed by atoms with van der Waals surface area (Å²) in [6.45, 7) is 4.42. The lowest BCUT2D eigenvalue weighted by atomic mass is 10.1. The first-order chi connectivity index (χ1) is 12.1. The van der Waals surface area contributed by atoms with Crippen molar-refractivity contribution in [3.63, 3.8) is 0 Å². The Kier molecular flexibility index (Phi) is 4.88. The maximum atomic E-state index is 13.1. The van der Waals surface area contributed by atoms with Crippen LogP contribution in [0.4, 0.5) is 0 Å². The van der Waals surface area contributed by atoms with Crippen LogP contribution in [0.15, 0.2) is 59.9 Å². The molecule has 1 atom stereocenters. The van der Waals surface area contributed by atoms with Gasteiger partial charge >= 0.3 is 0 Å². The van der Waals surface area contributed by atoms with Gasteiger partial charge in [0.05, 0.1) is 0 Å². The van der Waals surface area contributed by atoms with Crippen molar-refractivity contribution >= 4 is 11.6 Å². The zero-order chi connectivity index (χ0) is 17.8. The van der Waals surface area contributed by atoms with E-state index in [0.717, 1.165) is 12.0 Å². The molecule has 0 saturated heterocycles. The lowest BCUT2D eigenvalue weighted by molar-refractivity contribution is 0.0669. The number of hydrogen-bond acceptors (Lipinski definition) is 4. The molecule has 0 aliphatic heterocycles. The van der Waals surface area contributed by atoms with Gasteiger partial charge in [-0.25, -0.2) is 4.98 Å². The van der Waals surface area contributed by atoms with Crippen LogP contribution in [0.5, 0.6) is 0 Å². The van der Waals surface area contributed by atoms with Gasteiger partial charge in [0.1, 0.15) is 11.2 Å². The van der Waals surface area contributed by atoms with Crippen molar-refractivity contribution < 1.29 is 4.79 Å². The highest BCUT2D eigenvalue weighted by atomic mass is 16.2. The number of aromatic nitrogens is 3. The quantitative estimate of drug-likeness (QED) is 0.718. The fourth-order valence-electron chi connectivity index (χ4n) is 2.66. The zero-order valence-electron chi connectivity index (χ0n) is 14.3. The summed E-state index contributed by atoms with van der Waals surface area (Å²) in [6.07, 6.45) is 7.18. The minimum absolute atomic E-state index is 0.00321. The van der Waals surface area contributed by atoms with Crippen molar-refractivity contribution in [2.45, 2.75) is 32.9 Å². The molecule has 128 valence electrons. The van der Waals surface area contributed by atoms with Gasteiger partial charge in [-0.1, -0.05) is 13.0 Å². The first-order valence-electron chi connectivity index (χ1n) is 8.28. The fourth-order valence-corrected chi connectivity index (χ4v) is 2.66. The summed E-state index contributed by atoms with van der Waals surface area (Å²) in [5.41, 5.74) is 1.22. The monoisotopic (exact) mass is 336 g/mol. The Bertz CT molecular complexity index is 937. The minimum atomic E-state index is -0.348. The predicted octanol–water partition coefficient (Wildman–Crippen LogP) is 2.53. The lowest BCUT2D eigenvalue weighted by Crippen LogP contribution is -2.40. The van der Waals surface area contributed by atoms with E-state index in [1.807, 2.05) is 26.0 Å². The van der Waals surface area contributed by atoms with E-state index >= 15 is 0 Å². The molecule has 0 radical (unpaired) electrons. The van der Waals surface area contributed by atoms with Gasteiger partial charge in [0.25, 0.3) is 11.5 Å². The Morgan fingerprint density at radius 3 is 2.72 bits per heavy atom. The highest BCUT2D eigenvalue weighted by Gasteiger charge is 2.24. The van der Waals surface area contributed by atoms with Gasteiger partial charge in [0.2, 0.25) is 0 Å². The van der Waals surface area contributed by atoms with Gasteiger partial charge in [-0.3, -0.25) is 19.0 Å². The summed E-state index contributed by atoms with van der Waals surface area (Å²) >= 11 is 0. The van der Waals surface area contributed by atoms with E-state index in [4.69, 9.17) is 0 Å². The highest BCUT2D eigenvalue weighted by molar-refractivity contribution is 5.94. The summed E-state index contributed by atoms with van der Waals surface area (Å²) in [4.78, 5) is 35.7. The smallest absolute Gasteiger partial charge is 0.270 e. The van der Waals surface area contributed by atoms with E-state index < -0.39 is 0 Å². The second kappa shape index (κ2) is 7.25. The van der Waals surface area contributed by atoms with Crippen LogP contribution in [-0.2, 0) is 6.54 Å². The number of carbonyl (C=O) groups excluding carboxylic acids is 1. The van der Waals surface area contributed by atoms with Crippen LogP contribution < -0.4 is 5.56 Å². The molecule has 1 amide bonds.